The van der Waals surface area contributed by atoms with Crippen molar-refractivity contribution in [3.05, 3.63) is 29.8 Å². The highest BCUT2D eigenvalue weighted by Crippen LogP contribution is 2.19. The van der Waals surface area contributed by atoms with E-state index in [1.165, 1.54) is 0 Å². The maximum Gasteiger partial charge on any atom is 0.412 e. The van der Waals surface area contributed by atoms with Crippen LogP contribution >= 0.6 is 22.6 Å². The summed E-state index contributed by atoms with van der Waals surface area (Å²) in [4.78, 5) is 11.6. The fraction of sp³-hybridized carbons (Fsp3) is 0.417. The van der Waals surface area contributed by atoms with Crippen LogP contribution in [0.3, 0.4) is 0 Å². The van der Waals surface area contributed by atoms with E-state index in [2.05, 4.69) is 27.9 Å². The van der Waals surface area contributed by atoms with E-state index in [9.17, 15) is 4.79 Å². The summed E-state index contributed by atoms with van der Waals surface area (Å²) in [6.07, 6.45) is -0.412. The second-order valence-electron chi connectivity index (χ2n) is 4.42. The van der Waals surface area contributed by atoms with Crippen molar-refractivity contribution < 1.29 is 9.53 Å². The molecule has 1 aromatic carbocycles. The highest BCUT2D eigenvalue weighted by molar-refractivity contribution is 14.1. The number of amides is 1. The first-order valence-electron chi connectivity index (χ1n) is 5.06. The SMILES string of the molecule is CC(C)(C)OC(=O)Nc1ccccc1CI. The highest BCUT2D eigenvalue weighted by atomic mass is 127. The molecule has 0 aromatic heterocycles. The maximum atomic E-state index is 11.6. The van der Waals surface area contributed by atoms with Crippen molar-refractivity contribution in [1.82, 2.24) is 0 Å². The Morgan fingerprint density at radius 2 is 2.00 bits per heavy atom. The molecule has 0 radical (unpaired) electrons. The molecule has 4 heteroatoms. The van der Waals surface area contributed by atoms with E-state index < -0.39 is 11.7 Å². The molecule has 3 nitrogen and oxygen atoms in total. The molecule has 0 bridgehead atoms. The Kier molecular flexibility index (Phi) is 4.58. The van der Waals surface area contributed by atoms with Crippen LogP contribution in [0.2, 0.25) is 0 Å². The molecule has 1 N–H and O–H groups in total. The molecule has 0 heterocycles. The second-order valence-corrected chi connectivity index (χ2v) is 5.18. The van der Waals surface area contributed by atoms with E-state index in [1.54, 1.807) is 0 Å². The normalized spacial score (nSPS) is 11.0. The summed E-state index contributed by atoms with van der Waals surface area (Å²) >= 11 is 2.26. The van der Waals surface area contributed by atoms with Crippen molar-refractivity contribution in [2.75, 3.05) is 5.32 Å². The van der Waals surface area contributed by atoms with Crippen molar-refractivity contribution in [2.45, 2.75) is 30.8 Å². The first kappa shape index (κ1) is 13.3. The van der Waals surface area contributed by atoms with Gasteiger partial charge in [0.05, 0.1) is 0 Å². The number of nitrogens with one attached hydrogen (secondary N) is 1. The zero-order valence-corrected chi connectivity index (χ0v) is 11.9. The lowest BCUT2D eigenvalue weighted by Crippen LogP contribution is -2.27. The van der Waals surface area contributed by atoms with Crippen LogP contribution in [0.15, 0.2) is 24.3 Å². The van der Waals surface area contributed by atoms with Gasteiger partial charge >= 0.3 is 6.09 Å². The topological polar surface area (TPSA) is 38.3 Å². The minimum Gasteiger partial charge on any atom is -0.444 e. The van der Waals surface area contributed by atoms with Crippen LogP contribution in [-0.4, -0.2) is 11.7 Å². The Labute approximate surface area is 110 Å². The molecule has 0 aliphatic rings. The summed E-state index contributed by atoms with van der Waals surface area (Å²) in [7, 11) is 0. The number of carbonyl (C=O) groups is 1. The number of halogens is 1. The lowest BCUT2D eigenvalue weighted by Gasteiger charge is -2.20. The summed E-state index contributed by atoms with van der Waals surface area (Å²) in [5.41, 5.74) is 1.43. The fourth-order valence-corrected chi connectivity index (χ4v) is 1.84. The van der Waals surface area contributed by atoms with Crippen molar-refractivity contribution in [3.63, 3.8) is 0 Å². The van der Waals surface area contributed by atoms with Crippen LogP contribution in [0, 0.1) is 0 Å². The largest absolute Gasteiger partial charge is 0.444 e. The van der Waals surface area contributed by atoms with Crippen molar-refractivity contribution in [3.8, 4) is 0 Å². The molecule has 0 saturated heterocycles. The first-order chi connectivity index (χ1) is 7.42. The van der Waals surface area contributed by atoms with Gasteiger partial charge in [0.2, 0.25) is 0 Å². The van der Waals surface area contributed by atoms with Crippen LogP contribution < -0.4 is 5.32 Å². The first-order valence-corrected chi connectivity index (χ1v) is 6.59. The van der Waals surface area contributed by atoms with Gasteiger partial charge in [-0.1, -0.05) is 40.8 Å². The molecular formula is C12H16INO2. The van der Waals surface area contributed by atoms with Crippen LogP contribution in [0.5, 0.6) is 0 Å². The molecule has 0 saturated carbocycles. The second kappa shape index (κ2) is 5.52. The third-order valence-electron chi connectivity index (χ3n) is 1.80. The Morgan fingerprint density at radius 1 is 1.38 bits per heavy atom. The van der Waals surface area contributed by atoms with E-state index in [0.29, 0.717) is 0 Å². The van der Waals surface area contributed by atoms with Gasteiger partial charge < -0.3 is 4.74 Å². The van der Waals surface area contributed by atoms with Gasteiger partial charge in [-0.05, 0) is 32.4 Å². The van der Waals surface area contributed by atoms with Crippen LogP contribution in [0.4, 0.5) is 10.5 Å². The molecule has 0 spiro atoms. The Bertz CT molecular complexity index is 372. The summed E-state index contributed by atoms with van der Waals surface area (Å²) < 4.78 is 6.04. The maximum absolute atomic E-state index is 11.6. The van der Waals surface area contributed by atoms with E-state index in [1.807, 2.05) is 45.0 Å². The van der Waals surface area contributed by atoms with Crippen molar-refractivity contribution in [1.29, 1.82) is 0 Å². The molecule has 0 aliphatic heterocycles. The van der Waals surface area contributed by atoms with Gasteiger partial charge in [0.1, 0.15) is 5.60 Å². The van der Waals surface area contributed by atoms with Gasteiger partial charge in [-0.15, -0.1) is 0 Å². The quantitative estimate of drug-likeness (QED) is 0.657. The standard InChI is InChI=1S/C12H16INO2/c1-12(2,3)16-11(15)14-10-7-5-4-6-9(10)8-13/h4-7H,8H2,1-3H3,(H,14,15). The van der Waals surface area contributed by atoms with E-state index in [-0.39, 0.29) is 0 Å². The van der Waals surface area contributed by atoms with Crippen LogP contribution in [0.25, 0.3) is 0 Å². The Balaban J connectivity index is 2.70. The summed E-state index contributed by atoms with van der Waals surface area (Å²) in [6, 6.07) is 7.70. The molecule has 88 valence electrons. The third-order valence-corrected chi connectivity index (χ3v) is 2.62. The van der Waals surface area contributed by atoms with Crippen molar-refractivity contribution in [2.24, 2.45) is 0 Å². The average molecular weight is 333 g/mol. The zero-order valence-electron chi connectivity index (χ0n) is 9.71. The van der Waals surface area contributed by atoms with E-state index in [4.69, 9.17) is 4.74 Å². The van der Waals surface area contributed by atoms with Gasteiger partial charge in [0, 0.05) is 10.1 Å². The number of anilines is 1. The van der Waals surface area contributed by atoms with Gasteiger partial charge in [0.25, 0.3) is 0 Å². The summed E-state index contributed by atoms with van der Waals surface area (Å²) in [6.45, 7) is 5.53. The monoisotopic (exact) mass is 333 g/mol. The minimum absolute atomic E-state index is 0.412. The molecular weight excluding hydrogens is 317 g/mol. The molecule has 16 heavy (non-hydrogen) atoms. The van der Waals surface area contributed by atoms with Crippen molar-refractivity contribution >= 4 is 34.4 Å². The number of carbonyl (C=O) groups excluding carboxylic acids is 1. The molecule has 0 unspecified atom stereocenters. The summed E-state index contributed by atoms with van der Waals surface area (Å²) in [5, 5.41) is 2.75. The number of benzene rings is 1. The Morgan fingerprint density at radius 3 is 2.56 bits per heavy atom. The lowest BCUT2D eigenvalue weighted by molar-refractivity contribution is 0.0636. The Hall–Kier alpha value is -0.780. The van der Waals surface area contributed by atoms with Crippen LogP contribution in [0.1, 0.15) is 26.3 Å². The van der Waals surface area contributed by atoms with Gasteiger partial charge in [-0.2, -0.15) is 0 Å². The van der Waals surface area contributed by atoms with Gasteiger partial charge in [-0.25, -0.2) is 4.79 Å². The molecule has 0 atom stereocenters. The molecule has 1 rings (SSSR count). The number of alkyl halides is 1. The molecule has 1 aromatic rings. The highest BCUT2D eigenvalue weighted by Gasteiger charge is 2.16. The number of hydrogen-bond acceptors (Lipinski definition) is 2. The zero-order chi connectivity index (χ0) is 12.2. The average Bonchev–Trinajstić information content (AvgIpc) is 2.15. The fourth-order valence-electron chi connectivity index (χ4n) is 1.17. The molecule has 1 amide bonds. The van der Waals surface area contributed by atoms with Crippen LogP contribution in [-0.2, 0) is 9.16 Å². The predicted octanol–water partition coefficient (Wildman–Crippen LogP) is 3.97. The number of ether oxygens (including phenoxy) is 1. The minimum atomic E-state index is -0.469. The number of hydrogen-bond donors (Lipinski definition) is 1. The van der Waals surface area contributed by atoms with E-state index in [0.717, 1.165) is 15.7 Å². The molecule has 0 aliphatic carbocycles. The lowest BCUT2D eigenvalue weighted by atomic mass is 10.2. The van der Waals surface area contributed by atoms with E-state index >= 15 is 0 Å². The number of rotatable bonds is 2. The molecule has 0 fully saturated rings. The smallest absolute Gasteiger partial charge is 0.412 e. The summed E-state index contributed by atoms with van der Waals surface area (Å²) in [5.74, 6) is 0. The van der Waals surface area contributed by atoms with Gasteiger partial charge in [-0.3, -0.25) is 5.32 Å². The number of para-hydroxylation sites is 1. The predicted molar refractivity (Wildman–Crippen MR) is 74.0 cm³/mol. The third kappa shape index (κ3) is 4.38. The van der Waals surface area contributed by atoms with Gasteiger partial charge in [0.15, 0.2) is 0 Å².